The summed E-state index contributed by atoms with van der Waals surface area (Å²) < 4.78 is 0. The average Bonchev–Trinajstić information content (AvgIpc) is 2.31. The number of hydrogen-bond donors (Lipinski definition) is 2. The van der Waals surface area contributed by atoms with Crippen LogP contribution in [0.5, 0.6) is 0 Å². The summed E-state index contributed by atoms with van der Waals surface area (Å²) in [7, 11) is 0. The number of carbonyl (C=O) groups excluding carboxylic acids is 2. The largest absolute Gasteiger partial charge is 0.399 e. The molecule has 5 heteroatoms. The number of nitrogens with one attached hydrogen (secondary N) is 1. The van der Waals surface area contributed by atoms with E-state index in [4.69, 9.17) is 5.73 Å². The second kappa shape index (κ2) is 4.78. The lowest BCUT2D eigenvalue weighted by Gasteiger charge is -2.32. The Balaban J connectivity index is 2.20. The maximum Gasteiger partial charge on any atom is 0.243 e. The molecular weight excluding hydrogens is 230 g/mol. The highest BCUT2D eigenvalue weighted by molar-refractivity contribution is 6.00. The van der Waals surface area contributed by atoms with Gasteiger partial charge in [-0.1, -0.05) is 12.1 Å². The molecule has 2 rings (SSSR count). The monoisotopic (exact) mass is 247 g/mol. The van der Waals surface area contributed by atoms with Crippen LogP contribution in [0.4, 0.5) is 5.69 Å². The molecule has 1 unspecified atom stereocenters. The minimum atomic E-state index is -0.302. The summed E-state index contributed by atoms with van der Waals surface area (Å²) in [6, 6.07) is 5.39. The van der Waals surface area contributed by atoms with E-state index in [1.165, 1.54) is 0 Å². The molecule has 1 aliphatic heterocycles. The first-order valence-electron chi connectivity index (χ1n) is 5.90. The molecule has 1 fully saturated rings. The van der Waals surface area contributed by atoms with Crippen LogP contribution in [-0.2, 0) is 16.1 Å². The lowest BCUT2D eigenvalue weighted by atomic mass is 10.0. The van der Waals surface area contributed by atoms with Gasteiger partial charge in [-0.2, -0.15) is 0 Å². The number of nitrogens with two attached hydrogens (primary N) is 1. The van der Waals surface area contributed by atoms with Crippen LogP contribution in [0.2, 0.25) is 0 Å². The Labute approximate surface area is 106 Å². The van der Waals surface area contributed by atoms with Crippen molar-refractivity contribution in [2.24, 2.45) is 0 Å². The van der Waals surface area contributed by atoms with Crippen LogP contribution in [0.15, 0.2) is 18.2 Å². The number of nitrogen functional groups attached to an aromatic ring is 1. The predicted molar refractivity (Wildman–Crippen MR) is 68.6 cm³/mol. The van der Waals surface area contributed by atoms with Crippen molar-refractivity contribution < 1.29 is 9.59 Å². The number of benzene rings is 1. The summed E-state index contributed by atoms with van der Waals surface area (Å²) in [6.45, 7) is 4.53. The average molecular weight is 247 g/mol. The van der Waals surface area contributed by atoms with E-state index in [1.54, 1.807) is 6.92 Å². The van der Waals surface area contributed by atoms with Crippen LogP contribution in [0.25, 0.3) is 0 Å². The van der Waals surface area contributed by atoms with Gasteiger partial charge in [-0.05, 0) is 31.0 Å². The Morgan fingerprint density at radius 2 is 2.17 bits per heavy atom. The van der Waals surface area contributed by atoms with E-state index in [1.807, 2.05) is 30.0 Å². The first kappa shape index (κ1) is 12.6. The zero-order valence-electron chi connectivity index (χ0n) is 10.6. The topological polar surface area (TPSA) is 75.4 Å². The summed E-state index contributed by atoms with van der Waals surface area (Å²) in [5.74, 6) is -0.493. The molecule has 3 N–H and O–H groups in total. The van der Waals surface area contributed by atoms with Crippen molar-refractivity contribution in [1.82, 2.24) is 10.2 Å². The third-order valence-corrected chi connectivity index (χ3v) is 3.40. The number of carbonyl (C=O) groups is 2. The van der Waals surface area contributed by atoms with Crippen molar-refractivity contribution in [1.29, 1.82) is 0 Å². The fourth-order valence-corrected chi connectivity index (χ4v) is 2.05. The molecule has 0 radical (unpaired) electrons. The van der Waals surface area contributed by atoms with Crippen molar-refractivity contribution in [3.8, 4) is 0 Å². The maximum absolute atomic E-state index is 11.6. The lowest BCUT2D eigenvalue weighted by molar-refractivity contribution is -0.139. The first-order chi connectivity index (χ1) is 8.49. The molecule has 0 spiro atoms. The molecule has 5 nitrogen and oxygen atoms in total. The van der Waals surface area contributed by atoms with Gasteiger partial charge in [0.05, 0.1) is 12.6 Å². The second-order valence-corrected chi connectivity index (χ2v) is 4.62. The first-order valence-corrected chi connectivity index (χ1v) is 5.90. The zero-order chi connectivity index (χ0) is 13.3. The third kappa shape index (κ3) is 2.36. The van der Waals surface area contributed by atoms with Crippen LogP contribution in [0.1, 0.15) is 18.1 Å². The summed E-state index contributed by atoms with van der Waals surface area (Å²) in [6.07, 6.45) is 0. The van der Waals surface area contributed by atoms with Gasteiger partial charge in [-0.3, -0.25) is 19.8 Å². The lowest BCUT2D eigenvalue weighted by Crippen LogP contribution is -2.56. The smallest absolute Gasteiger partial charge is 0.243 e. The van der Waals surface area contributed by atoms with E-state index >= 15 is 0 Å². The highest BCUT2D eigenvalue weighted by atomic mass is 16.2. The molecule has 1 aromatic carbocycles. The molecule has 18 heavy (non-hydrogen) atoms. The van der Waals surface area contributed by atoms with Gasteiger partial charge in [0, 0.05) is 12.2 Å². The molecule has 0 bridgehead atoms. The number of anilines is 1. The van der Waals surface area contributed by atoms with Crippen LogP contribution >= 0.6 is 0 Å². The van der Waals surface area contributed by atoms with Crippen molar-refractivity contribution in [3.05, 3.63) is 29.3 Å². The number of amides is 2. The SMILES string of the molecule is Cc1c(N)cccc1CN1CC(=O)NC(=O)C1C. The molecule has 1 saturated heterocycles. The van der Waals surface area contributed by atoms with Gasteiger partial charge < -0.3 is 5.73 Å². The van der Waals surface area contributed by atoms with Crippen LogP contribution < -0.4 is 11.1 Å². The summed E-state index contributed by atoms with van der Waals surface area (Å²) in [5.41, 5.74) is 8.63. The molecule has 1 heterocycles. The Morgan fingerprint density at radius 1 is 1.44 bits per heavy atom. The summed E-state index contributed by atoms with van der Waals surface area (Å²) in [5, 5.41) is 2.33. The molecule has 0 aliphatic carbocycles. The van der Waals surface area contributed by atoms with Crippen LogP contribution in [-0.4, -0.2) is 29.3 Å². The standard InChI is InChI=1S/C13H17N3O2/c1-8-10(4-3-5-11(8)14)6-16-7-12(17)15-13(18)9(16)2/h3-5,9H,6-7,14H2,1-2H3,(H,15,17,18). The number of piperazine rings is 1. The summed E-state index contributed by atoms with van der Waals surface area (Å²) >= 11 is 0. The molecule has 1 atom stereocenters. The van der Waals surface area contributed by atoms with E-state index in [9.17, 15) is 9.59 Å². The number of hydrogen-bond acceptors (Lipinski definition) is 4. The van der Waals surface area contributed by atoms with Gasteiger partial charge in [0.15, 0.2) is 0 Å². The molecule has 0 aromatic heterocycles. The Morgan fingerprint density at radius 3 is 2.89 bits per heavy atom. The maximum atomic E-state index is 11.6. The molecular formula is C13H17N3O2. The van der Waals surface area contributed by atoms with Gasteiger partial charge in [0.1, 0.15) is 0 Å². The molecule has 1 aromatic rings. The highest BCUT2D eigenvalue weighted by Crippen LogP contribution is 2.19. The third-order valence-electron chi connectivity index (χ3n) is 3.40. The van der Waals surface area contributed by atoms with Gasteiger partial charge in [-0.15, -0.1) is 0 Å². The van der Waals surface area contributed by atoms with Crippen LogP contribution in [0.3, 0.4) is 0 Å². The predicted octanol–water partition coefficient (Wildman–Crippen LogP) is 0.424. The fourth-order valence-electron chi connectivity index (χ4n) is 2.05. The Bertz CT molecular complexity index is 499. The highest BCUT2D eigenvalue weighted by Gasteiger charge is 2.30. The minimum absolute atomic E-state index is 0.237. The quantitative estimate of drug-likeness (QED) is 0.587. The van der Waals surface area contributed by atoms with Gasteiger partial charge >= 0.3 is 0 Å². The van der Waals surface area contributed by atoms with Crippen molar-refractivity contribution in [2.45, 2.75) is 26.4 Å². The van der Waals surface area contributed by atoms with Crippen molar-refractivity contribution in [2.75, 3.05) is 12.3 Å². The molecule has 1 aliphatic rings. The van der Waals surface area contributed by atoms with Gasteiger partial charge in [0.25, 0.3) is 0 Å². The van der Waals surface area contributed by atoms with E-state index in [2.05, 4.69) is 5.32 Å². The van der Waals surface area contributed by atoms with E-state index in [0.29, 0.717) is 6.54 Å². The summed E-state index contributed by atoms with van der Waals surface area (Å²) in [4.78, 5) is 24.8. The van der Waals surface area contributed by atoms with Crippen LogP contribution in [0, 0.1) is 6.92 Å². The number of rotatable bonds is 2. The Kier molecular flexibility index (Phi) is 3.34. The normalized spacial score (nSPS) is 20.9. The van der Waals surface area contributed by atoms with E-state index < -0.39 is 0 Å². The molecule has 2 amide bonds. The van der Waals surface area contributed by atoms with Crippen molar-refractivity contribution >= 4 is 17.5 Å². The number of imide groups is 1. The molecule has 0 saturated carbocycles. The van der Waals surface area contributed by atoms with Gasteiger partial charge in [-0.25, -0.2) is 0 Å². The van der Waals surface area contributed by atoms with Crippen molar-refractivity contribution in [3.63, 3.8) is 0 Å². The Hall–Kier alpha value is -1.88. The minimum Gasteiger partial charge on any atom is -0.399 e. The fraction of sp³-hybridized carbons (Fsp3) is 0.385. The molecule has 96 valence electrons. The second-order valence-electron chi connectivity index (χ2n) is 4.62. The van der Waals surface area contributed by atoms with E-state index in [-0.39, 0.29) is 24.4 Å². The number of nitrogens with zero attached hydrogens (tertiary/aromatic N) is 1. The zero-order valence-corrected chi connectivity index (χ0v) is 10.6. The van der Waals surface area contributed by atoms with Gasteiger partial charge in [0.2, 0.25) is 11.8 Å². The van der Waals surface area contributed by atoms with E-state index in [0.717, 1.165) is 16.8 Å².